The fraction of sp³-hybridized carbons (Fsp3) is 0.727. The molecule has 3 rings (SSSR count). The zero-order valence-corrected chi connectivity index (χ0v) is 20.0. The highest BCUT2D eigenvalue weighted by Crippen LogP contribution is 2.27. The van der Waals surface area contributed by atoms with Crippen LogP contribution in [0.1, 0.15) is 45.4 Å². The molecule has 7 nitrogen and oxygen atoms in total. The Bertz CT molecular complexity index is 789. The van der Waals surface area contributed by atoms with E-state index in [1.807, 2.05) is 13.0 Å². The molecule has 3 heterocycles. The van der Waals surface area contributed by atoms with Crippen LogP contribution in [0.2, 0.25) is 5.02 Å². The van der Waals surface area contributed by atoms with E-state index in [1.165, 1.54) is 0 Å². The van der Waals surface area contributed by atoms with Crippen LogP contribution in [0.15, 0.2) is 25.0 Å². The Kier molecular flexibility index (Phi) is 9.13. The fourth-order valence-electron chi connectivity index (χ4n) is 4.42. The first kappa shape index (κ1) is 24.4. The molecular weight excluding hydrogens is 436 g/mol. The lowest BCUT2D eigenvalue weighted by Crippen LogP contribution is -2.42. The van der Waals surface area contributed by atoms with Crippen molar-refractivity contribution in [1.82, 2.24) is 14.3 Å². The van der Waals surface area contributed by atoms with Crippen LogP contribution in [-0.4, -0.2) is 67.3 Å². The largest absolute Gasteiger partial charge is 0.378 e. The number of nitrogens with zero attached hydrogens (tertiary/aromatic N) is 4. The molecular formula is C22H35ClN4O3S. The highest BCUT2D eigenvalue weighted by atomic mass is 35.5. The summed E-state index contributed by atoms with van der Waals surface area (Å²) in [4.78, 5) is 10.9. The fourth-order valence-corrected chi connectivity index (χ4v) is 6.06. The van der Waals surface area contributed by atoms with Gasteiger partial charge >= 0.3 is 0 Å². The molecule has 1 atom stereocenters. The van der Waals surface area contributed by atoms with Crippen molar-refractivity contribution in [3.63, 3.8) is 0 Å². The van der Waals surface area contributed by atoms with E-state index in [9.17, 15) is 8.42 Å². The van der Waals surface area contributed by atoms with E-state index in [0.717, 1.165) is 51.1 Å². The highest BCUT2D eigenvalue weighted by molar-refractivity contribution is 7.89. The van der Waals surface area contributed by atoms with Gasteiger partial charge in [-0.2, -0.15) is 0 Å². The van der Waals surface area contributed by atoms with E-state index in [2.05, 4.69) is 21.4 Å². The van der Waals surface area contributed by atoms with Crippen molar-refractivity contribution in [1.29, 1.82) is 0 Å². The minimum absolute atomic E-state index is 0.138. The van der Waals surface area contributed by atoms with Crippen molar-refractivity contribution in [2.24, 2.45) is 11.8 Å². The summed E-state index contributed by atoms with van der Waals surface area (Å²) in [5.74, 6) is 1.94. The molecule has 2 aliphatic heterocycles. The molecule has 0 radical (unpaired) electrons. The second-order valence-electron chi connectivity index (χ2n) is 8.61. The maximum absolute atomic E-state index is 12.2. The van der Waals surface area contributed by atoms with Crippen LogP contribution in [0.5, 0.6) is 0 Å². The Hall–Kier alpha value is -1.22. The summed E-state index contributed by atoms with van der Waals surface area (Å²) < 4.78 is 32.2. The normalized spacial score (nSPS) is 20.6. The van der Waals surface area contributed by atoms with Gasteiger partial charge < -0.3 is 9.64 Å². The maximum atomic E-state index is 12.2. The summed E-state index contributed by atoms with van der Waals surface area (Å²) in [5.41, 5.74) is 0. The highest BCUT2D eigenvalue weighted by Gasteiger charge is 2.28. The molecule has 1 aromatic heterocycles. The average molecular weight is 471 g/mol. The summed E-state index contributed by atoms with van der Waals surface area (Å²) in [7, 11) is -3.10. The minimum Gasteiger partial charge on any atom is -0.378 e. The lowest BCUT2D eigenvalue weighted by molar-refractivity contribution is 0.00530. The summed E-state index contributed by atoms with van der Waals surface area (Å²) in [6, 6.07) is 0. The molecule has 174 valence electrons. The molecule has 2 saturated heterocycles. The van der Waals surface area contributed by atoms with Crippen LogP contribution < -0.4 is 4.90 Å². The first-order valence-electron chi connectivity index (χ1n) is 11.4. The van der Waals surface area contributed by atoms with Gasteiger partial charge in [0.05, 0.1) is 35.9 Å². The standard InChI is InChI=1S/C22H35ClN4O3S/c1-3-13-31(28,29)27-11-7-21(8-12-27)30-17-18(4-2)14-19-5-9-26(10-6-19)22-24-15-20(23)16-25-22/h4,15-16,18-19,21H,2-3,5-14,17H2,1H3/t18-/m1/s1. The van der Waals surface area contributed by atoms with Gasteiger partial charge in [-0.15, -0.1) is 6.58 Å². The van der Waals surface area contributed by atoms with Crippen molar-refractivity contribution < 1.29 is 13.2 Å². The first-order chi connectivity index (χ1) is 14.9. The van der Waals surface area contributed by atoms with Gasteiger partial charge in [0.15, 0.2) is 0 Å². The Morgan fingerprint density at radius 3 is 2.42 bits per heavy atom. The molecule has 0 spiro atoms. The Balaban J connectivity index is 1.38. The number of rotatable bonds is 10. The van der Waals surface area contributed by atoms with Crippen molar-refractivity contribution in [3.8, 4) is 0 Å². The zero-order chi connectivity index (χ0) is 22.3. The molecule has 2 fully saturated rings. The minimum atomic E-state index is -3.10. The van der Waals surface area contributed by atoms with E-state index >= 15 is 0 Å². The van der Waals surface area contributed by atoms with E-state index in [1.54, 1.807) is 16.7 Å². The van der Waals surface area contributed by atoms with E-state index in [4.69, 9.17) is 16.3 Å². The molecule has 31 heavy (non-hydrogen) atoms. The zero-order valence-electron chi connectivity index (χ0n) is 18.5. The summed E-state index contributed by atoms with van der Waals surface area (Å²) in [5, 5.41) is 0.556. The molecule has 0 unspecified atom stereocenters. The van der Waals surface area contributed by atoms with Crippen molar-refractivity contribution in [2.45, 2.75) is 51.6 Å². The van der Waals surface area contributed by atoms with Crippen LogP contribution in [0.3, 0.4) is 0 Å². The van der Waals surface area contributed by atoms with Gasteiger partial charge in [-0.3, -0.25) is 0 Å². The van der Waals surface area contributed by atoms with E-state index in [0.29, 0.717) is 43.0 Å². The SMILES string of the molecule is C=C[C@@H](COC1CCN(S(=O)(=O)CCC)CC1)CC1CCN(c2ncc(Cl)cn2)CC1. The van der Waals surface area contributed by atoms with Gasteiger partial charge in [-0.25, -0.2) is 22.7 Å². The number of sulfonamides is 1. The average Bonchev–Trinajstić information content (AvgIpc) is 2.78. The lowest BCUT2D eigenvalue weighted by Gasteiger charge is -2.34. The van der Waals surface area contributed by atoms with E-state index in [-0.39, 0.29) is 11.9 Å². The Morgan fingerprint density at radius 1 is 1.19 bits per heavy atom. The topological polar surface area (TPSA) is 75.6 Å². The number of piperidine rings is 2. The van der Waals surface area contributed by atoms with Gasteiger partial charge in [-0.1, -0.05) is 24.6 Å². The Labute approximate surface area is 191 Å². The molecule has 0 saturated carbocycles. The number of ether oxygens (including phenoxy) is 1. The summed E-state index contributed by atoms with van der Waals surface area (Å²) >= 11 is 5.88. The molecule has 0 aromatic carbocycles. The van der Waals surface area contributed by atoms with Crippen LogP contribution in [-0.2, 0) is 14.8 Å². The van der Waals surface area contributed by atoms with Crippen LogP contribution in [0.25, 0.3) is 0 Å². The summed E-state index contributed by atoms with van der Waals surface area (Å²) in [6.07, 6.45) is 10.9. The molecule has 0 aliphatic carbocycles. The van der Waals surface area contributed by atoms with Crippen molar-refractivity contribution >= 4 is 27.6 Å². The first-order valence-corrected chi connectivity index (χ1v) is 13.3. The summed E-state index contributed by atoms with van der Waals surface area (Å²) in [6.45, 7) is 9.60. The second-order valence-corrected chi connectivity index (χ2v) is 11.1. The molecule has 2 aliphatic rings. The molecule has 0 N–H and O–H groups in total. The van der Waals surface area contributed by atoms with Gasteiger partial charge in [0.1, 0.15) is 0 Å². The number of halogens is 1. The Morgan fingerprint density at radius 2 is 1.84 bits per heavy atom. The lowest BCUT2D eigenvalue weighted by atomic mass is 9.87. The molecule has 0 amide bonds. The quantitative estimate of drug-likeness (QED) is 0.484. The third-order valence-electron chi connectivity index (χ3n) is 6.28. The monoisotopic (exact) mass is 470 g/mol. The number of aromatic nitrogens is 2. The third-order valence-corrected chi connectivity index (χ3v) is 8.55. The third kappa shape index (κ3) is 7.14. The van der Waals surface area contributed by atoms with Crippen LogP contribution in [0.4, 0.5) is 5.95 Å². The van der Waals surface area contributed by atoms with Crippen LogP contribution >= 0.6 is 11.6 Å². The van der Waals surface area contributed by atoms with Gasteiger partial charge in [0.2, 0.25) is 16.0 Å². The van der Waals surface area contributed by atoms with Crippen molar-refractivity contribution in [3.05, 3.63) is 30.1 Å². The molecule has 0 bridgehead atoms. The smallest absolute Gasteiger partial charge is 0.225 e. The van der Waals surface area contributed by atoms with Gasteiger partial charge in [0, 0.05) is 32.1 Å². The molecule has 1 aromatic rings. The van der Waals surface area contributed by atoms with E-state index < -0.39 is 10.0 Å². The van der Waals surface area contributed by atoms with Crippen molar-refractivity contribution in [2.75, 3.05) is 43.4 Å². The number of anilines is 1. The predicted molar refractivity (Wildman–Crippen MR) is 125 cm³/mol. The second kappa shape index (κ2) is 11.6. The van der Waals surface area contributed by atoms with Gasteiger partial charge in [-0.05, 0) is 44.4 Å². The van der Waals surface area contributed by atoms with Gasteiger partial charge in [0.25, 0.3) is 0 Å². The number of hydrogen-bond acceptors (Lipinski definition) is 6. The maximum Gasteiger partial charge on any atom is 0.225 e. The van der Waals surface area contributed by atoms with Crippen LogP contribution in [0, 0.1) is 11.8 Å². The molecule has 9 heteroatoms. The predicted octanol–water partition coefficient (Wildman–Crippen LogP) is 3.76. The number of hydrogen-bond donors (Lipinski definition) is 0.